The predicted octanol–water partition coefficient (Wildman–Crippen LogP) is 7.35. The first-order chi connectivity index (χ1) is 13.3. The van der Waals surface area contributed by atoms with E-state index in [0.717, 1.165) is 29.3 Å². The lowest BCUT2D eigenvalue weighted by Gasteiger charge is -2.30. The van der Waals surface area contributed by atoms with E-state index in [0.29, 0.717) is 18.0 Å². The molecule has 28 heavy (non-hydrogen) atoms. The molecular formula is C23H29Br2NO2. The summed E-state index contributed by atoms with van der Waals surface area (Å²) < 4.78 is 6.52. The van der Waals surface area contributed by atoms with Gasteiger partial charge in [-0.15, -0.1) is 0 Å². The van der Waals surface area contributed by atoms with Crippen LogP contribution >= 0.6 is 31.9 Å². The van der Waals surface area contributed by atoms with E-state index >= 15 is 0 Å². The second-order valence-electron chi connectivity index (χ2n) is 7.98. The van der Waals surface area contributed by atoms with Crippen molar-refractivity contribution in [3.8, 4) is 0 Å². The lowest BCUT2D eigenvalue weighted by atomic mass is 9.86. The summed E-state index contributed by atoms with van der Waals surface area (Å²) in [4.78, 5) is 14.3. The maximum Gasteiger partial charge on any atom is 0.409 e. The predicted molar refractivity (Wildman–Crippen MR) is 123 cm³/mol. The number of carbonyl (C=O) groups is 1. The summed E-state index contributed by atoms with van der Waals surface area (Å²) in [7, 11) is 1.81. The quantitative estimate of drug-likeness (QED) is 0.330. The molecule has 0 saturated carbocycles. The minimum Gasteiger partial charge on any atom is -0.445 e. The molecule has 5 heteroatoms. The Balaban J connectivity index is 1.74. The Morgan fingerprint density at radius 1 is 1.14 bits per heavy atom. The molecule has 0 aliphatic heterocycles. The molecule has 3 nitrogen and oxygen atoms in total. The Kier molecular flexibility index (Phi) is 9.03. The van der Waals surface area contributed by atoms with Gasteiger partial charge < -0.3 is 9.64 Å². The third kappa shape index (κ3) is 7.96. The van der Waals surface area contributed by atoms with Crippen molar-refractivity contribution in [3.05, 3.63) is 70.2 Å². The van der Waals surface area contributed by atoms with Crippen LogP contribution in [0.3, 0.4) is 0 Å². The van der Waals surface area contributed by atoms with Crippen molar-refractivity contribution in [2.45, 2.75) is 44.5 Å². The summed E-state index contributed by atoms with van der Waals surface area (Å²) in [5, 5.41) is 0. The molecule has 0 radical (unpaired) electrons. The fourth-order valence-corrected chi connectivity index (χ4v) is 4.27. The Morgan fingerprint density at radius 2 is 1.86 bits per heavy atom. The van der Waals surface area contributed by atoms with Gasteiger partial charge >= 0.3 is 6.09 Å². The Bertz CT molecular complexity index is 749. The minimum absolute atomic E-state index is 0.0323. The van der Waals surface area contributed by atoms with Gasteiger partial charge in [-0.2, -0.15) is 0 Å². The molecule has 1 atom stereocenters. The molecule has 0 bridgehead atoms. The molecule has 2 aromatic rings. The van der Waals surface area contributed by atoms with Crippen LogP contribution in [0.25, 0.3) is 0 Å². The summed E-state index contributed by atoms with van der Waals surface area (Å²) in [6, 6.07) is 18.2. The van der Waals surface area contributed by atoms with Gasteiger partial charge in [-0.3, -0.25) is 0 Å². The fourth-order valence-electron chi connectivity index (χ4n) is 3.24. The maximum atomic E-state index is 12.3. The van der Waals surface area contributed by atoms with Crippen molar-refractivity contribution in [2.75, 3.05) is 13.6 Å². The average molecular weight is 511 g/mol. The van der Waals surface area contributed by atoms with E-state index in [4.69, 9.17) is 4.74 Å². The second-order valence-corrected chi connectivity index (χ2v) is 10.00. The van der Waals surface area contributed by atoms with Crippen LogP contribution in [-0.4, -0.2) is 24.6 Å². The van der Waals surface area contributed by atoms with E-state index in [-0.39, 0.29) is 11.5 Å². The molecule has 0 saturated heterocycles. The first kappa shape index (κ1) is 23.0. The van der Waals surface area contributed by atoms with Gasteiger partial charge in [0.05, 0.1) is 0 Å². The minimum atomic E-state index is -0.274. The SMILES string of the molecule is CN(CC(C)(C)CCCC(Br)c1cccc(Br)c1)C(=O)OCc1ccccc1. The molecular weight excluding hydrogens is 482 g/mol. The standard InChI is InChI=1S/C23H29Br2NO2/c1-23(2,14-8-13-21(25)19-11-7-12-20(24)15-19)17-26(3)22(27)28-16-18-9-5-4-6-10-18/h4-7,9-12,15,21H,8,13-14,16-17H2,1-3H3. The third-order valence-corrected chi connectivity index (χ3v) is 6.18. The number of benzene rings is 2. The molecule has 2 aromatic carbocycles. The van der Waals surface area contributed by atoms with Crippen LogP contribution in [0.2, 0.25) is 0 Å². The zero-order valence-electron chi connectivity index (χ0n) is 16.8. The number of hydrogen-bond donors (Lipinski definition) is 0. The first-order valence-corrected chi connectivity index (χ1v) is 11.3. The summed E-state index contributed by atoms with van der Waals surface area (Å²) in [5.74, 6) is 0. The molecule has 0 fully saturated rings. The van der Waals surface area contributed by atoms with E-state index in [1.165, 1.54) is 5.56 Å². The largest absolute Gasteiger partial charge is 0.445 e. The molecule has 0 aromatic heterocycles. The highest BCUT2D eigenvalue weighted by molar-refractivity contribution is 9.10. The number of nitrogens with zero attached hydrogens (tertiary/aromatic N) is 1. The average Bonchev–Trinajstić information content (AvgIpc) is 2.66. The maximum absolute atomic E-state index is 12.3. The van der Waals surface area contributed by atoms with Crippen LogP contribution < -0.4 is 0 Å². The van der Waals surface area contributed by atoms with Gasteiger partial charge in [0.15, 0.2) is 0 Å². The number of amides is 1. The summed E-state index contributed by atoms with van der Waals surface area (Å²) in [6.45, 7) is 5.39. The van der Waals surface area contributed by atoms with Gasteiger partial charge in [0.25, 0.3) is 0 Å². The summed E-state index contributed by atoms with van der Waals surface area (Å²) in [5.41, 5.74) is 2.32. The number of hydrogen-bond acceptors (Lipinski definition) is 2. The van der Waals surface area contributed by atoms with Crippen LogP contribution in [0.4, 0.5) is 4.79 Å². The highest BCUT2D eigenvalue weighted by Crippen LogP contribution is 2.33. The van der Waals surface area contributed by atoms with Gasteiger partial charge in [-0.1, -0.05) is 94.6 Å². The van der Waals surface area contributed by atoms with Crippen LogP contribution in [0.15, 0.2) is 59.1 Å². The lowest BCUT2D eigenvalue weighted by Crippen LogP contribution is -2.36. The molecule has 0 N–H and O–H groups in total. The molecule has 0 spiro atoms. The van der Waals surface area contributed by atoms with E-state index in [9.17, 15) is 4.79 Å². The van der Waals surface area contributed by atoms with Crippen molar-refractivity contribution in [1.82, 2.24) is 4.90 Å². The van der Waals surface area contributed by atoms with E-state index in [1.807, 2.05) is 43.4 Å². The normalized spacial score (nSPS) is 12.5. The zero-order valence-corrected chi connectivity index (χ0v) is 20.0. The van der Waals surface area contributed by atoms with Gasteiger partial charge in [-0.05, 0) is 41.5 Å². The van der Waals surface area contributed by atoms with Crippen LogP contribution in [-0.2, 0) is 11.3 Å². The van der Waals surface area contributed by atoms with E-state index < -0.39 is 0 Å². The molecule has 2 rings (SSSR count). The van der Waals surface area contributed by atoms with Gasteiger partial charge in [0, 0.05) is 22.9 Å². The smallest absolute Gasteiger partial charge is 0.409 e. The van der Waals surface area contributed by atoms with Crippen molar-refractivity contribution in [3.63, 3.8) is 0 Å². The first-order valence-electron chi connectivity index (χ1n) is 9.58. The number of ether oxygens (including phenoxy) is 1. The molecule has 1 amide bonds. The highest BCUT2D eigenvalue weighted by atomic mass is 79.9. The fraction of sp³-hybridized carbons (Fsp3) is 0.435. The van der Waals surface area contributed by atoms with Crippen molar-refractivity contribution < 1.29 is 9.53 Å². The molecule has 0 heterocycles. The number of carbonyl (C=O) groups excluding carboxylic acids is 1. The van der Waals surface area contributed by atoms with Gasteiger partial charge in [0.2, 0.25) is 0 Å². The Hall–Kier alpha value is -1.33. The molecule has 152 valence electrons. The third-order valence-electron chi connectivity index (χ3n) is 4.70. The molecule has 1 unspecified atom stereocenters. The van der Waals surface area contributed by atoms with Crippen molar-refractivity contribution in [1.29, 1.82) is 0 Å². The van der Waals surface area contributed by atoms with Crippen LogP contribution in [0.5, 0.6) is 0 Å². The second kappa shape index (κ2) is 11.0. The zero-order chi connectivity index (χ0) is 20.6. The molecule has 0 aliphatic rings. The topological polar surface area (TPSA) is 29.5 Å². The summed E-state index contributed by atoms with van der Waals surface area (Å²) in [6.07, 6.45) is 2.91. The van der Waals surface area contributed by atoms with Crippen molar-refractivity contribution in [2.24, 2.45) is 5.41 Å². The van der Waals surface area contributed by atoms with Gasteiger partial charge in [-0.25, -0.2) is 4.79 Å². The van der Waals surface area contributed by atoms with E-state index in [2.05, 4.69) is 63.9 Å². The Morgan fingerprint density at radius 3 is 2.54 bits per heavy atom. The lowest BCUT2D eigenvalue weighted by molar-refractivity contribution is 0.0895. The van der Waals surface area contributed by atoms with E-state index in [1.54, 1.807) is 4.90 Å². The number of halogens is 2. The Labute approximate surface area is 185 Å². The van der Waals surface area contributed by atoms with Crippen LogP contribution in [0.1, 0.15) is 49.1 Å². The number of rotatable bonds is 9. The highest BCUT2D eigenvalue weighted by Gasteiger charge is 2.23. The molecule has 0 aliphatic carbocycles. The van der Waals surface area contributed by atoms with Crippen molar-refractivity contribution >= 4 is 38.0 Å². The van der Waals surface area contributed by atoms with Crippen LogP contribution in [0, 0.1) is 5.41 Å². The van der Waals surface area contributed by atoms with Gasteiger partial charge in [0.1, 0.15) is 6.61 Å². The number of alkyl halides is 1. The summed E-state index contributed by atoms with van der Waals surface area (Å²) >= 11 is 7.33. The monoisotopic (exact) mass is 509 g/mol.